The third-order valence-electron chi connectivity index (χ3n) is 4.89. The Morgan fingerprint density at radius 3 is 2.50 bits per heavy atom. The van der Waals surface area contributed by atoms with Crippen LogP contribution in [0.4, 0.5) is 0 Å². The number of likely N-dealkylation sites (tertiary alicyclic amines) is 1. The minimum absolute atomic E-state index is 0.751. The summed E-state index contributed by atoms with van der Waals surface area (Å²) in [6.45, 7) is 11.0. The van der Waals surface area contributed by atoms with E-state index in [4.69, 9.17) is 0 Å². The largest absolute Gasteiger partial charge is 0.312 e. The van der Waals surface area contributed by atoms with Gasteiger partial charge in [0.2, 0.25) is 0 Å². The molecule has 0 amide bonds. The lowest BCUT2D eigenvalue weighted by atomic mass is 9.98. The van der Waals surface area contributed by atoms with Crippen molar-refractivity contribution in [1.82, 2.24) is 10.2 Å². The molecule has 0 spiro atoms. The number of hydrogen-bond acceptors (Lipinski definition) is 2. The van der Waals surface area contributed by atoms with Gasteiger partial charge in [0, 0.05) is 18.6 Å². The number of hydrogen-bond donors (Lipinski definition) is 1. The minimum Gasteiger partial charge on any atom is -0.312 e. The Bertz CT molecular complexity index is 235. The maximum atomic E-state index is 3.74. The average Bonchev–Trinajstić information content (AvgIpc) is 3.15. The number of nitrogens with one attached hydrogen (secondary N) is 1. The molecule has 18 heavy (non-hydrogen) atoms. The Hall–Kier alpha value is -0.0800. The van der Waals surface area contributed by atoms with Gasteiger partial charge in [0.1, 0.15) is 0 Å². The van der Waals surface area contributed by atoms with Crippen molar-refractivity contribution in [3.8, 4) is 0 Å². The van der Waals surface area contributed by atoms with E-state index in [-0.39, 0.29) is 0 Å². The van der Waals surface area contributed by atoms with E-state index >= 15 is 0 Å². The topological polar surface area (TPSA) is 15.3 Å². The van der Waals surface area contributed by atoms with Crippen LogP contribution in [-0.2, 0) is 0 Å². The zero-order valence-corrected chi connectivity index (χ0v) is 12.6. The zero-order valence-electron chi connectivity index (χ0n) is 12.6. The second kappa shape index (κ2) is 6.91. The molecule has 1 aliphatic carbocycles. The summed E-state index contributed by atoms with van der Waals surface area (Å²) < 4.78 is 0. The van der Waals surface area contributed by atoms with Crippen LogP contribution in [0.25, 0.3) is 0 Å². The molecule has 1 aliphatic heterocycles. The fourth-order valence-electron chi connectivity index (χ4n) is 3.29. The quantitative estimate of drug-likeness (QED) is 0.780. The highest BCUT2D eigenvalue weighted by Crippen LogP contribution is 2.24. The van der Waals surface area contributed by atoms with E-state index in [1.165, 1.54) is 58.2 Å². The van der Waals surface area contributed by atoms with E-state index < -0.39 is 0 Å². The minimum atomic E-state index is 0.751. The molecule has 2 fully saturated rings. The highest BCUT2D eigenvalue weighted by molar-refractivity contribution is 4.86. The lowest BCUT2D eigenvalue weighted by Gasteiger charge is -2.34. The van der Waals surface area contributed by atoms with Gasteiger partial charge in [-0.1, -0.05) is 27.2 Å². The van der Waals surface area contributed by atoms with Gasteiger partial charge < -0.3 is 5.32 Å². The highest BCUT2D eigenvalue weighted by atomic mass is 15.2. The molecule has 2 atom stereocenters. The van der Waals surface area contributed by atoms with Gasteiger partial charge in [0.25, 0.3) is 0 Å². The summed E-state index contributed by atoms with van der Waals surface area (Å²) in [7, 11) is 0. The van der Waals surface area contributed by atoms with Crippen molar-refractivity contribution in [2.75, 3.05) is 19.6 Å². The maximum Gasteiger partial charge on any atom is 0.0243 e. The summed E-state index contributed by atoms with van der Waals surface area (Å²) in [5, 5.41) is 3.74. The molecule has 2 aliphatic rings. The first-order valence-electron chi connectivity index (χ1n) is 8.18. The lowest BCUT2D eigenvalue weighted by Crippen LogP contribution is -2.46. The zero-order chi connectivity index (χ0) is 13.0. The van der Waals surface area contributed by atoms with Crippen molar-refractivity contribution in [3.05, 3.63) is 0 Å². The number of rotatable bonds is 6. The SMILES string of the molecule is CCC1CCCN(C(CNC2CC2)C(C)C)CC1. The third-order valence-corrected chi connectivity index (χ3v) is 4.89. The number of nitrogens with zero attached hydrogens (tertiary/aromatic N) is 1. The van der Waals surface area contributed by atoms with E-state index in [2.05, 4.69) is 31.0 Å². The van der Waals surface area contributed by atoms with Crippen molar-refractivity contribution in [1.29, 1.82) is 0 Å². The van der Waals surface area contributed by atoms with Gasteiger partial charge in [-0.3, -0.25) is 4.90 Å². The maximum absolute atomic E-state index is 3.74. The Balaban J connectivity index is 1.83. The fraction of sp³-hybridized carbons (Fsp3) is 1.00. The van der Waals surface area contributed by atoms with Crippen LogP contribution in [0.3, 0.4) is 0 Å². The van der Waals surface area contributed by atoms with Crippen LogP contribution in [0, 0.1) is 11.8 Å². The second-order valence-electron chi connectivity index (χ2n) is 6.74. The van der Waals surface area contributed by atoms with Crippen LogP contribution in [0.1, 0.15) is 59.3 Å². The molecule has 0 aromatic rings. The summed E-state index contributed by atoms with van der Waals surface area (Å²) in [6, 6.07) is 1.60. The molecule has 0 aromatic carbocycles. The van der Waals surface area contributed by atoms with Crippen LogP contribution in [0.15, 0.2) is 0 Å². The summed E-state index contributed by atoms with van der Waals surface area (Å²) in [5.74, 6) is 1.76. The van der Waals surface area contributed by atoms with E-state index in [1.54, 1.807) is 0 Å². The van der Waals surface area contributed by atoms with E-state index in [9.17, 15) is 0 Å². The average molecular weight is 252 g/mol. The Morgan fingerprint density at radius 2 is 1.89 bits per heavy atom. The van der Waals surface area contributed by atoms with E-state index in [0.717, 1.165) is 23.9 Å². The predicted octanol–water partition coefficient (Wildman–Crippen LogP) is 3.28. The Kier molecular flexibility index (Phi) is 5.50. The van der Waals surface area contributed by atoms with Crippen LogP contribution in [0.5, 0.6) is 0 Å². The van der Waals surface area contributed by atoms with Crippen molar-refractivity contribution >= 4 is 0 Å². The molecule has 1 N–H and O–H groups in total. The van der Waals surface area contributed by atoms with Crippen LogP contribution in [0.2, 0.25) is 0 Å². The van der Waals surface area contributed by atoms with Gasteiger partial charge >= 0.3 is 0 Å². The summed E-state index contributed by atoms with van der Waals surface area (Å²) in [4.78, 5) is 2.77. The first kappa shape index (κ1) is 14.3. The van der Waals surface area contributed by atoms with Crippen LogP contribution < -0.4 is 5.32 Å². The highest BCUT2D eigenvalue weighted by Gasteiger charge is 2.27. The van der Waals surface area contributed by atoms with Gasteiger partial charge in [-0.25, -0.2) is 0 Å². The first-order chi connectivity index (χ1) is 8.70. The molecule has 1 saturated heterocycles. The molecule has 0 aromatic heterocycles. The summed E-state index contributed by atoms with van der Waals surface area (Å²) in [5.41, 5.74) is 0. The molecule has 0 bridgehead atoms. The third kappa shape index (κ3) is 4.24. The molecule has 2 nitrogen and oxygen atoms in total. The standard InChI is InChI=1S/C16H32N2/c1-4-14-6-5-10-18(11-9-14)16(13(2)3)12-17-15-7-8-15/h13-17H,4-12H2,1-3H3. The van der Waals surface area contributed by atoms with Gasteiger partial charge in [-0.05, 0) is 57.0 Å². The Labute approximate surface area is 114 Å². The molecule has 2 heteroatoms. The van der Waals surface area contributed by atoms with Crippen molar-refractivity contribution in [2.45, 2.75) is 71.4 Å². The smallest absolute Gasteiger partial charge is 0.0243 e. The van der Waals surface area contributed by atoms with Crippen LogP contribution in [-0.4, -0.2) is 36.6 Å². The van der Waals surface area contributed by atoms with Gasteiger partial charge in [-0.15, -0.1) is 0 Å². The molecule has 1 heterocycles. The Morgan fingerprint density at radius 1 is 1.11 bits per heavy atom. The molecular weight excluding hydrogens is 220 g/mol. The molecule has 2 unspecified atom stereocenters. The predicted molar refractivity (Wildman–Crippen MR) is 78.9 cm³/mol. The molecular formula is C16H32N2. The lowest BCUT2D eigenvalue weighted by molar-refractivity contribution is 0.154. The van der Waals surface area contributed by atoms with Crippen molar-refractivity contribution in [2.24, 2.45) is 11.8 Å². The van der Waals surface area contributed by atoms with Crippen LogP contribution >= 0.6 is 0 Å². The first-order valence-corrected chi connectivity index (χ1v) is 8.18. The van der Waals surface area contributed by atoms with E-state index in [0.29, 0.717) is 0 Å². The van der Waals surface area contributed by atoms with Gasteiger partial charge in [0.05, 0.1) is 0 Å². The second-order valence-corrected chi connectivity index (χ2v) is 6.74. The summed E-state index contributed by atoms with van der Waals surface area (Å²) >= 11 is 0. The van der Waals surface area contributed by atoms with Gasteiger partial charge in [0.15, 0.2) is 0 Å². The fourth-order valence-corrected chi connectivity index (χ4v) is 3.29. The van der Waals surface area contributed by atoms with Crippen molar-refractivity contribution < 1.29 is 0 Å². The van der Waals surface area contributed by atoms with E-state index in [1.807, 2.05) is 0 Å². The molecule has 106 valence electrons. The van der Waals surface area contributed by atoms with Gasteiger partial charge in [-0.2, -0.15) is 0 Å². The molecule has 1 saturated carbocycles. The normalized spacial score (nSPS) is 28.3. The molecule has 0 radical (unpaired) electrons. The monoisotopic (exact) mass is 252 g/mol. The van der Waals surface area contributed by atoms with Crippen molar-refractivity contribution in [3.63, 3.8) is 0 Å². The molecule has 2 rings (SSSR count). The summed E-state index contributed by atoms with van der Waals surface area (Å²) in [6.07, 6.45) is 8.47.